The van der Waals surface area contributed by atoms with Crippen LogP contribution in [-0.4, -0.2) is 85.5 Å². The number of alkyl halides is 4. The molecule has 2 unspecified atom stereocenters. The summed E-state index contributed by atoms with van der Waals surface area (Å²) < 4.78 is 5.19. The lowest BCUT2D eigenvalue weighted by molar-refractivity contribution is -0.164. The molecular weight excluding hydrogens is 638 g/mol. The molecule has 2 amide bonds. The van der Waals surface area contributed by atoms with Gasteiger partial charge in [-0.15, -0.1) is 46.4 Å². The van der Waals surface area contributed by atoms with E-state index in [4.69, 9.17) is 51.1 Å². The van der Waals surface area contributed by atoms with Crippen LogP contribution in [-0.2, 0) is 36.8 Å². The first-order valence-electron chi connectivity index (χ1n) is 13.8. The summed E-state index contributed by atoms with van der Waals surface area (Å²) in [6.07, 6.45) is 0.175. The molecule has 0 heterocycles. The molecule has 0 bridgehead atoms. The van der Waals surface area contributed by atoms with Gasteiger partial charge in [-0.25, -0.2) is 9.59 Å². The van der Waals surface area contributed by atoms with E-state index in [1.54, 1.807) is 0 Å². The lowest BCUT2D eigenvalue weighted by atomic mass is 10.0. The number of esters is 2. The number of hydrogen-bond donors (Lipinski definition) is 2. The first-order chi connectivity index (χ1) is 20.6. The van der Waals surface area contributed by atoms with E-state index in [1.165, 1.54) is 13.8 Å². The number of nitrogens with one attached hydrogen (secondary N) is 2. The maximum Gasteiger partial charge on any atom is 0.336 e. The van der Waals surface area contributed by atoms with Crippen molar-refractivity contribution in [2.75, 3.05) is 59.5 Å². The number of carbonyl (C=O) groups is 4. The fraction of sp³-hybridized carbons (Fsp3) is 0.467. The van der Waals surface area contributed by atoms with Crippen molar-refractivity contribution >= 4 is 81.5 Å². The molecule has 0 aliphatic rings. The van der Waals surface area contributed by atoms with Gasteiger partial charge in [0.05, 0.1) is 0 Å². The smallest absolute Gasteiger partial charge is 0.336 e. The van der Waals surface area contributed by atoms with Crippen LogP contribution in [0, 0.1) is 0 Å². The summed E-state index contributed by atoms with van der Waals surface area (Å²) in [6.45, 7) is 5.03. The van der Waals surface area contributed by atoms with Crippen molar-refractivity contribution in [3.05, 3.63) is 59.7 Å². The van der Waals surface area contributed by atoms with Gasteiger partial charge in [0.2, 0.25) is 11.8 Å². The summed E-state index contributed by atoms with van der Waals surface area (Å²) in [5.41, 5.74) is 3.30. The summed E-state index contributed by atoms with van der Waals surface area (Å²) >= 11 is 23.6. The van der Waals surface area contributed by atoms with Gasteiger partial charge in [-0.05, 0) is 35.4 Å². The van der Waals surface area contributed by atoms with Crippen molar-refractivity contribution in [2.45, 2.75) is 38.8 Å². The molecule has 2 rings (SSSR count). The quantitative estimate of drug-likeness (QED) is 0.139. The van der Waals surface area contributed by atoms with Crippen LogP contribution < -0.4 is 20.4 Å². The van der Waals surface area contributed by atoms with Crippen LogP contribution in [0.1, 0.15) is 25.0 Å². The van der Waals surface area contributed by atoms with Gasteiger partial charge in [-0.1, -0.05) is 24.3 Å². The second-order valence-corrected chi connectivity index (χ2v) is 11.2. The van der Waals surface area contributed by atoms with Crippen LogP contribution in [0.25, 0.3) is 0 Å². The third kappa shape index (κ3) is 12.8. The number of halogens is 4. The molecule has 9 nitrogen and oxygen atoms in total. The topological polar surface area (TPSA) is 108 Å². The molecule has 0 aliphatic heterocycles. The zero-order chi connectivity index (χ0) is 31.8. The van der Waals surface area contributed by atoms with Gasteiger partial charge in [0.25, 0.3) is 0 Å². The summed E-state index contributed by atoms with van der Waals surface area (Å²) in [7, 11) is 0. The SMILES string of the molecule is CC(=O)NC(Cc1ccc(N(CCCl)CCCl)cc1)C(=O)OC(=O)C(Cc1ccc(N(CCCl)CCCl)cc1)NC(C)=O. The summed E-state index contributed by atoms with van der Waals surface area (Å²) in [5.74, 6) is -1.02. The number of benzene rings is 2. The number of anilines is 2. The van der Waals surface area contributed by atoms with Crippen molar-refractivity contribution in [1.82, 2.24) is 10.6 Å². The van der Waals surface area contributed by atoms with Gasteiger partial charge >= 0.3 is 11.9 Å². The molecule has 13 heteroatoms. The minimum absolute atomic E-state index is 0.0877. The molecule has 2 N–H and O–H groups in total. The Balaban J connectivity index is 2.15. The minimum Gasteiger partial charge on any atom is -0.390 e. The maximum atomic E-state index is 13.1. The van der Waals surface area contributed by atoms with Crippen molar-refractivity contribution in [2.24, 2.45) is 0 Å². The van der Waals surface area contributed by atoms with Gasteiger partial charge < -0.3 is 25.2 Å². The average Bonchev–Trinajstić information content (AvgIpc) is 2.96. The van der Waals surface area contributed by atoms with Crippen molar-refractivity contribution in [1.29, 1.82) is 0 Å². The summed E-state index contributed by atoms with van der Waals surface area (Å²) in [5, 5.41) is 5.11. The first-order valence-corrected chi connectivity index (χ1v) is 16.0. The molecular formula is C30H38Cl4N4O5. The van der Waals surface area contributed by atoms with E-state index in [-0.39, 0.29) is 12.8 Å². The van der Waals surface area contributed by atoms with Gasteiger partial charge in [-0.2, -0.15) is 0 Å². The van der Waals surface area contributed by atoms with Crippen molar-refractivity contribution < 1.29 is 23.9 Å². The molecule has 0 aliphatic carbocycles. The third-order valence-corrected chi connectivity index (χ3v) is 7.10. The van der Waals surface area contributed by atoms with E-state index in [0.29, 0.717) is 49.7 Å². The summed E-state index contributed by atoms with van der Waals surface area (Å²) in [4.78, 5) is 54.0. The van der Waals surface area contributed by atoms with Gasteiger partial charge in [-0.3, -0.25) is 9.59 Å². The molecule has 2 aromatic rings. The Labute approximate surface area is 273 Å². The number of rotatable bonds is 18. The zero-order valence-electron chi connectivity index (χ0n) is 24.3. The second kappa shape index (κ2) is 19.5. The molecule has 0 radical (unpaired) electrons. The van der Waals surface area contributed by atoms with Gasteiger partial charge in [0.15, 0.2) is 0 Å². The highest BCUT2D eigenvalue weighted by Crippen LogP contribution is 2.19. The average molecular weight is 676 g/mol. The predicted octanol–water partition coefficient (Wildman–Crippen LogP) is 4.12. The van der Waals surface area contributed by atoms with E-state index in [2.05, 4.69) is 10.6 Å². The monoisotopic (exact) mass is 674 g/mol. The number of carbonyl (C=O) groups excluding carboxylic acids is 4. The lowest BCUT2D eigenvalue weighted by Gasteiger charge is -2.24. The predicted molar refractivity (Wildman–Crippen MR) is 174 cm³/mol. The van der Waals surface area contributed by atoms with Crippen molar-refractivity contribution in [3.63, 3.8) is 0 Å². The Morgan fingerprint density at radius 1 is 0.605 bits per heavy atom. The molecule has 236 valence electrons. The Bertz CT molecular complexity index is 1080. The summed E-state index contributed by atoms with van der Waals surface area (Å²) in [6, 6.07) is 12.5. The fourth-order valence-corrected chi connectivity index (χ4v) is 5.24. The number of nitrogens with zero attached hydrogens (tertiary/aromatic N) is 2. The Kier molecular flexibility index (Phi) is 16.6. The highest BCUT2D eigenvalue weighted by atomic mass is 35.5. The minimum atomic E-state index is -1.12. The molecule has 0 saturated heterocycles. The normalized spacial score (nSPS) is 12.1. The molecule has 0 saturated carbocycles. The van der Waals surface area contributed by atoms with Crippen LogP contribution >= 0.6 is 46.4 Å². The van der Waals surface area contributed by atoms with E-state index in [9.17, 15) is 19.2 Å². The highest BCUT2D eigenvalue weighted by Gasteiger charge is 2.29. The standard InChI is InChI=1S/C30H38Cl4N4O5/c1-21(39)35-27(19-23-3-7-25(8-4-23)37(15-11-31)16-12-32)29(41)43-30(42)28(36-22(2)40)20-24-5-9-26(10-6-24)38(17-13-33)18-14-34/h3-10,27-28H,11-20H2,1-2H3,(H,35,39)(H,36,40). The molecule has 0 spiro atoms. The molecule has 0 fully saturated rings. The van der Waals surface area contributed by atoms with Crippen LogP contribution in [0.5, 0.6) is 0 Å². The number of ether oxygens (including phenoxy) is 1. The maximum absolute atomic E-state index is 13.1. The van der Waals surface area contributed by atoms with Gasteiger partial charge in [0, 0.05) is 87.8 Å². The fourth-order valence-electron chi connectivity index (χ4n) is 4.42. The van der Waals surface area contributed by atoms with E-state index < -0.39 is 35.8 Å². The van der Waals surface area contributed by atoms with E-state index in [0.717, 1.165) is 22.5 Å². The second-order valence-electron chi connectivity index (χ2n) is 9.72. The lowest BCUT2D eigenvalue weighted by Crippen LogP contribution is -2.47. The van der Waals surface area contributed by atoms with E-state index in [1.807, 2.05) is 58.3 Å². The number of amides is 2. The van der Waals surface area contributed by atoms with Crippen LogP contribution in [0.3, 0.4) is 0 Å². The van der Waals surface area contributed by atoms with Crippen molar-refractivity contribution in [3.8, 4) is 0 Å². The number of hydrogen-bond acceptors (Lipinski definition) is 7. The van der Waals surface area contributed by atoms with Gasteiger partial charge in [0.1, 0.15) is 12.1 Å². The molecule has 2 atom stereocenters. The molecule has 43 heavy (non-hydrogen) atoms. The largest absolute Gasteiger partial charge is 0.390 e. The molecule has 2 aromatic carbocycles. The zero-order valence-corrected chi connectivity index (χ0v) is 27.3. The highest BCUT2D eigenvalue weighted by molar-refractivity contribution is 6.19. The van der Waals surface area contributed by atoms with Crippen LogP contribution in [0.15, 0.2) is 48.5 Å². The van der Waals surface area contributed by atoms with Crippen LogP contribution in [0.2, 0.25) is 0 Å². The van der Waals surface area contributed by atoms with E-state index >= 15 is 0 Å². The third-order valence-electron chi connectivity index (χ3n) is 6.43. The Morgan fingerprint density at radius 3 is 1.16 bits per heavy atom. The Morgan fingerprint density at radius 2 is 0.907 bits per heavy atom. The molecule has 0 aromatic heterocycles. The first kappa shape index (κ1) is 36.5. The Hall–Kier alpha value is -2.72. The van der Waals surface area contributed by atoms with Crippen LogP contribution in [0.4, 0.5) is 11.4 Å².